The summed E-state index contributed by atoms with van der Waals surface area (Å²) in [5.74, 6) is 9.09. The van der Waals surface area contributed by atoms with E-state index in [9.17, 15) is 0 Å². The van der Waals surface area contributed by atoms with Crippen molar-refractivity contribution < 1.29 is 4.74 Å². The van der Waals surface area contributed by atoms with E-state index in [2.05, 4.69) is 63.2 Å². The Balaban J connectivity index is 1.31. The van der Waals surface area contributed by atoms with E-state index in [-0.39, 0.29) is 0 Å². The van der Waals surface area contributed by atoms with Crippen LogP contribution in [0.3, 0.4) is 0 Å². The first kappa shape index (κ1) is 23.8. The Hall–Kier alpha value is -3.92. The van der Waals surface area contributed by atoms with Crippen LogP contribution in [0, 0.1) is 18.8 Å². The summed E-state index contributed by atoms with van der Waals surface area (Å²) in [7, 11) is 4.30. The maximum atomic E-state index is 6.02. The standard InChI is InChI=1S/C30H31N5O/c1-22-18-24(12-14-29(22)36-26-9-5-4-6-10-26)33-30-27-19-23(11-13-28(27)31-21-32-30)8-7-16-35-17-15-25(20-35)34(2)3/h4-6,9-14,18-19,21,25H,15-17,20H2,1-3H3,(H,31,32,33). The molecule has 4 aromatic rings. The first-order chi connectivity index (χ1) is 17.5. The Morgan fingerprint density at radius 3 is 2.69 bits per heavy atom. The lowest BCUT2D eigenvalue weighted by molar-refractivity contribution is 0.281. The van der Waals surface area contributed by atoms with Crippen molar-refractivity contribution in [1.82, 2.24) is 19.8 Å². The predicted molar refractivity (Wildman–Crippen MR) is 146 cm³/mol. The number of nitrogens with one attached hydrogen (secondary N) is 1. The zero-order valence-electron chi connectivity index (χ0n) is 21.0. The number of aromatic nitrogens is 2. The minimum Gasteiger partial charge on any atom is -0.457 e. The SMILES string of the molecule is Cc1cc(Nc2ncnc3ccc(C#CCN4CCC(N(C)C)C4)cc23)ccc1Oc1ccccc1. The number of likely N-dealkylation sites (N-methyl/N-ethyl adjacent to an activating group) is 1. The summed E-state index contributed by atoms with van der Waals surface area (Å²) in [5.41, 5.74) is 3.82. The molecule has 1 atom stereocenters. The number of aryl methyl sites for hydroxylation is 1. The largest absolute Gasteiger partial charge is 0.457 e. The van der Waals surface area contributed by atoms with Crippen molar-refractivity contribution in [3.05, 3.63) is 84.2 Å². The van der Waals surface area contributed by atoms with Crippen molar-refractivity contribution in [2.75, 3.05) is 39.0 Å². The summed E-state index contributed by atoms with van der Waals surface area (Å²) in [5, 5.41) is 4.40. The normalized spacial score (nSPS) is 15.6. The minimum atomic E-state index is 0.626. The van der Waals surface area contributed by atoms with Gasteiger partial charge in [-0.15, -0.1) is 0 Å². The maximum absolute atomic E-state index is 6.02. The minimum absolute atomic E-state index is 0.626. The number of ether oxygens (including phenoxy) is 1. The molecular weight excluding hydrogens is 446 g/mol. The van der Waals surface area contributed by atoms with Crippen LogP contribution in [0.25, 0.3) is 10.9 Å². The molecule has 1 aliphatic heterocycles. The van der Waals surface area contributed by atoms with Crippen molar-refractivity contribution in [1.29, 1.82) is 0 Å². The van der Waals surface area contributed by atoms with Gasteiger partial charge in [0.05, 0.1) is 12.1 Å². The van der Waals surface area contributed by atoms with Crippen LogP contribution in [0.1, 0.15) is 17.5 Å². The smallest absolute Gasteiger partial charge is 0.141 e. The fourth-order valence-electron chi connectivity index (χ4n) is 4.46. The first-order valence-electron chi connectivity index (χ1n) is 12.3. The van der Waals surface area contributed by atoms with Gasteiger partial charge in [-0.2, -0.15) is 0 Å². The molecule has 0 bridgehead atoms. The van der Waals surface area contributed by atoms with E-state index in [1.807, 2.05) is 61.5 Å². The van der Waals surface area contributed by atoms with Crippen molar-refractivity contribution in [3.8, 4) is 23.3 Å². The van der Waals surface area contributed by atoms with E-state index in [4.69, 9.17) is 4.74 Å². The van der Waals surface area contributed by atoms with E-state index in [1.165, 1.54) is 6.42 Å². The number of fused-ring (bicyclic) bond motifs is 1. The highest BCUT2D eigenvalue weighted by molar-refractivity contribution is 5.91. The number of hydrogen-bond donors (Lipinski definition) is 1. The van der Waals surface area contributed by atoms with Gasteiger partial charge in [-0.25, -0.2) is 9.97 Å². The number of para-hydroxylation sites is 1. The molecule has 0 radical (unpaired) electrons. The molecule has 0 aliphatic carbocycles. The molecule has 1 unspecified atom stereocenters. The molecule has 1 saturated heterocycles. The van der Waals surface area contributed by atoms with Crippen LogP contribution in [-0.2, 0) is 0 Å². The Labute approximate surface area is 212 Å². The molecule has 0 saturated carbocycles. The second kappa shape index (κ2) is 10.8. The zero-order valence-corrected chi connectivity index (χ0v) is 21.0. The van der Waals surface area contributed by atoms with Crippen LogP contribution in [-0.4, -0.2) is 59.5 Å². The molecule has 2 heterocycles. The molecule has 182 valence electrons. The summed E-state index contributed by atoms with van der Waals surface area (Å²) in [4.78, 5) is 13.7. The average Bonchev–Trinajstić information content (AvgIpc) is 3.36. The van der Waals surface area contributed by atoms with Gasteiger partial charge < -0.3 is 15.0 Å². The van der Waals surface area contributed by atoms with E-state index < -0.39 is 0 Å². The first-order valence-corrected chi connectivity index (χ1v) is 12.3. The third-order valence-electron chi connectivity index (χ3n) is 6.56. The molecule has 1 fully saturated rings. The molecule has 1 aromatic heterocycles. The number of likely N-dealkylation sites (tertiary alicyclic amines) is 1. The van der Waals surface area contributed by atoms with E-state index >= 15 is 0 Å². The number of hydrogen-bond acceptors (Lipinski definition) is 6. The Morgan fingerprint density at radius 2 is 1.92 bits per heavy atom. The second-order valence-electron chi connectivity index (χ2n) is 9.42. The number of nitrogens with zero attached hydrogens (tertiary/aromatic N) is 4. The lowest BCUT2D eigenvalue weighted by Crippen LogP contribution is -2.31. The molecule has 36 heavy (non-hydrogen) atoms. The van der Waals surface area contributed by atoms with Crippen molar-refractivity contribution in [2.45, 2.75) is 19.4 Å². The van der Waals surface area contributed by atoms with Gasteiger partial charge in [-0.3, -0.25) is 4.90 Å². The molecular formula is C30H31N5O. The van der Waals surface area contributed by atoms with Gasteiger partial charge in [-0.05, 0) is 81.5 Å². The molecule has 6 heteroatoms. The summed E-state index contributed by atoms with van der Waals surface area (Å²) >= 11 is 0. The molecule has 3 aromatic carbocycles. The lowest BCUT2D eigenvalue weighted by atomic mass is 10.1. The fraction of sp³-hybridized carbons (Fsp3) is 0.267. The van der Waals surface area contributed by atoms with Gasteiger partial charge >= 0.3 is 0 Å². The molecule has 1 aliphatic rings. The van der Waals surface area contributed by atoms with Crippen LogP contribution in [0.5, 0.6) is 11.5 Å². The summed E-state index contributed by atoms with van der Waals surface area (Å²) in [6, 6.07) is 22.6. The van der Waals surface area contributed by atoms with Gasteiger partial charge in [-0.1, -0.05) is 30.0 Å². The quantitative estimate of drug-likeness (QED) is 0.372. The van der Waals surface area contributed by atoms with Gasteiger partial charge in [0.15, 0.2) is 0 Å². The van der Waals surface area contributed by atoms with Gasteiger partial charge in [0.2, 0.25) is 0 Å². The molecule has 1 N–H and O–H groups in total. The Bertz CT molecular complexity index is 1410. The monoisotopic (exact) mass is 477 g/mol. The van der Waals surface area contributed by atoms with E-state index in [0.29, 0.717) is 6.04 Å². The van der Waals surface area contributed by atoms with E-state index in [1.54, 1.807) is 6.33 Å². The van der Waals surface area contributed by atoms with Gasteiger partial charge in [0, 0.05) is 35.8 Å². The average molecular weight is 478 g/mol. The molecule has 5 rings (SSSR count). The van der Waals surface area contributed by atoms with Crippen molar-refractivity contribution >= 4 is 22.4 Å². The highest BCUT2D eigenvalue weighted by Crippen LogP contribution is 2.30. The van der Waals surface area contributed by atoms with Crippen LogP contribution < -0.4 is 10.1 Å². The molecule has 6 nitrogen and oxygen atoms in total. The highest BCUT2D eigenvalue weighted by Gasteiger charge is 2.22. The highest BCUT2D eigenvalue weighted by atomic mass is 16.5. The van der Waals surface area contributed by atoms with Crippen LogP contribution >= 0.6 is 0 Å². The molecule has 0 spiro atoms. The maximum Gasteiger partial charge on any atom is 0.141 e. The number of benzene rings is 3. The summed E-state index contributed by atoms with van der Waals surface area (Å²) in [6.45, 7) is 5.01. The van der Waals surface area contributed by atoms with Crippen molar-refractivity contribution in [2.24, 2.45) is 0 Å². The lowest BCUT2D eigenvalue weighted by Gasteiger charge is -2.18. The zero-order chi connectivity index (χ0) is 24.9. The van der Waals surface area contributed by atoms with Crippen LogP contribution in [0.2, 0.25) is 0 Å². The topological polar surface area (TPSA) is 53.5 Å². The van der Waals surface area contributed by atoms with Crippen molar-refractivity contribution in [3.63, 3.8) is 0 Å². The number of anilines is 2. The number of rotatable bonds is 6. The third-order valence-corrected chi connectivity index (χ3v) is 6.56. The van der Waals surface area contributed by atoms with E-state index in [0.717, 1.165) is 64.7 Å². The summed E-state index contributed by atoms with van der Waals surface area (Å²) in [6.07, 6.45) is 2.79. The molecule has 0 amide bonds. The Kier molecular flexibility index (Phi) is 7.13. The summed E-state index contributed by atoms with van der Waals surface area (Å²) < 4.78 is 6.02. The predicted octanol–water partition coefficient (Wildman–Crippen LogP) is 5.46. The third kappa shape index (κ3) is 5.65. The van der Waals surface area contributed by atoms with Gasteiger partial charge in [0.25, 0.3) is 0 Å². The van der Waals surface area contributed by atoms with Crippen LogP contribution in [0.15, 0.2) is 73.1 Å². The fourth-order valence-corrected chi connectivity index (χ4v) is 4.46. The van der Waals surface area contributed by atoms with Gasteiger partial charge in [0.1, 0.15) is 23.6 Å². The second-order valence-corrected chi connectivity index (χ2v) is 9.42. The van der Waals surface area contributed by atoms with Crippen LogP contribution in [0.4, 0.5) is 11.5 Å². The Morgan fingerprint density at radius 1 is 1.06 bits per heavy atom.